The van der Waals surface area contributed by atoms with Gasteiger partial charge in [-0.05, 0) is 56.1 Å². The second-order valence-corrected chi connectivity index (χ2v) is 8.00. The summed E-state index contributed by atoms with van der Waals surface area (Å²) in [6.45, 7) is 0. The standard InChI is InChI=1S/C13H11Br3O2S/c1-17-9-6-8(14)10(18-2)5-7(9)13(16)11-3-4-12(15)19-11/h3-6,13H,1-2H3. The first kappa shape index (κ1) is 15.4. The highest BCUT2D eigenvalue weighted by Crippen LogP contribution is 2.44. The predicted molar refractivity (Wildman–Crippen MR) is 90.0 cm³/mol. The van der Waals surface area contributed by atoms with Gasteiger partial charge in [0.2, 0.25) is 0 Å². The Labute approximate surface area is 141 Å². The maximum absolute atomic E-state index is 5.45. The van der Waals surface area contributed by atoms with Crippen molar-refractivity contribution < 1.29 is 9.47 Å². The number of rotatable bonds is 4. The summed E-state index contributed by atoms with van der Waals surface area (Å²) in [6, 6.07) is 8.03. The van der Waals surface area contributed by atoms with Crippen molar-refractivity contribution in [1.29, 1.82) is 0 Å². The van der Waals surface area contributed by atoms with Gasteiger partial charge in [0, 0.05) is 10.4 Å². The van der Waals surface area contributed by atoms with Gasteiger partial charge in [-0.3, -0.25) is 0 Å². The van der Waals surface area contributed by atoms with Crippen LogP contribution in [-0.4, -0.2) is 14.2 Å². The second kappa shape index (κ2) is 6.61. The first-order valence-corrected chi connectivity index (χ1v) is 8.69. The fourth-order valence-electron chi connectivity index (χ4n) is 1.70. The van der Waals surface area contributed by atoms with Gasteiger partial charge in [0.25, 0.3) is 0 Å². The van der Waals surface area contributed by atoms with Crippen molar-refractivity contribution in [2.75, 3.05) is 14.2 Å². The van der Waals surface area contributed by atoms with Crippen LogP contribution < -0.4 is 9.47 Å². The van der Waals surface area contributed by atoms with Gasteiger partial charge >= 0.3 is 0 Å². The van der Waals surface area contributed by atoms with E-state index in [1.807, 2.05) is 18.2 Å². The van der Waals surface area contributed by atoms with Crippen LogP contribution >= 0.6 is 59.1 Å². The first-order valence-electron chi connectivity index (χ1n) is 5.37. The summed E-state index contributed by atoms with van der Waals surface area (Å²) in [5.74, 6) is 1.61. The van der Waals surface area contributed by atoms with Gasteiger partial charge in [-0.2, -0.15) is 0 Å². The summed E-state index contributed by atoms with van der Waals surface area (Å²) < 4.78 is 12.8. The SMILES string of the molecule is COc1cc(C(Br)c2ccc(Br)s2)c(OC)cc1Br. The molecule has 1 unspecified atom stereocenters. The molecule has 0 saturated carbocycles. The van der Waals surface area contributed by atoms with Gasteiger partial charge in [-0.15, -0.1) is 11.3 Å². The molecule has 1 atom stereocenters. The predicted octanol–water partition coefficient (Wildman–Crippen LogP) is 5.77. The zero-order valence-electron chi connectivity index (χ0n) is 10.2. The monoisotopic (exact) mass is 468 g/mol. The molecule has 0 aliphatic rings. The Morgan fingerprint density at radius 2 is 1.74 bits per heavy atom. The zero-order valence-corrected chi connectivity index (χ0v) is 15.8. The van der Waals surface area contributed by atoms with E-state index in [0.717, 1.165) is 25.3 Å². The van der Waals surface area contributed by atoms with E-state index < -0.39 is 0 Å². The molecule has 0 bridgehead atoms. The molecule has 6 heteroatoms. The lowest BCUT2D eigenvalue weighted by molar-refractivity contribution is 0.397. The molecule has 1 aromatic carbocycles. The molecular formula is C13H11Br3O2S. The third kappa shape index (κ3) is 3.35. The average Bonchev–Trinajstić information content (AvgIpc) is 2.84. The summed E-state index contributed by atoms with van der Waals surface area (Å²) in [5, 5.41) is 0. The van der Waals surface area contributed by atoms with Crippen molar-refractivity contribution in [3.05, 3.63) is 43.0 Å². The van der Waals surface area contributed by atoms with Gasteiger partial charge < -0.3 is 9.47 Å². The van der Waals surface area contributed by atoms with Crippen LogP contribution in [0.1, 0.15) is 15.3 Å². The smallest absolute Gasteiger partial charge is 0.133 e. The van der Waals surface area contributed by atoms with E-state index in [1.54, 1.807) is 25.6 Å². The summed E-state index contributed by atoms with van der Waals surface area (Å²) in [7, 11) is 3.32. The van der Waals surface area contributed by atoms with Crippen LogP contribution in [0.4, 0.5) is 0 Å². The third-order valence-corrected chi connectivity index (χ3v) is 6.22. The molecule has 19 heavy (non-hydrogen) atoms. The lowest BCUT2D eigenvalue weighted by atomic mass is 10.1. The van der Waals surface area contributed by atoms with Crippen molar-refractivity contribution in [2.24, 2.45) is 0 Å². The number of hydrogen-bond acceptors (Lipinski definition) is 3. The van der Waals surface area contributed by atoms with E-state index in [0.29, 0.717) is 0 Å². The Kier molecular flexibility index (Phi) is 5.34. The van der Waals surface area contributed by atoms with E-state index in [1.165, 1.54) is 4.88 Å². The van der Waals surface area contributed by atoms with Crippen LogP contribution in [0, 0.1) is 0 Å². The van der Waals surface area contributed by atoms with Crippen LogP contribution in [0.25, 0.3) is 0 Å². The number of ether oxygens (including phenoxy) is 2. The van der Waals surface area contributed by atoms with Crippen molar-refractivity contribution in [3.8, 4) is 11.5 Å². The number of methoxy groups -OCH3 is 2. The molecule has 0 spiro atoms. The van der Waals surface area contributed by atoms with Crippen molar-refractivity contribution in [1.82, 2.24) is 0 Å². The third-order valence-electron chi connectivity index (χ3n) is 2.62. The summed E-state index contributed by atoms with van der Waals surface area (Å²) >= 11 is 12.4. The van der Waals surface area contributed by atoms with Crippen molar-refractivity contribution in [2.45, 2.75) is 4.83 Å². The highest BCUT2D eigenvalue weighted by molar-refractivity contribution is 9.11. The minimum Gasteiger partial charge on any atom is -0.496 e. The second-order valence-electron chi connectivity index (χ2n) is 3.73. The van der Waals surface area contributed by atoms with Crippen LogP contribution in [0.3, 0.4) is 0 Å². The lowest BCUT2D eigenvalue weighted by Crippen LogP contribution is -1.97. The van der Waals surface area contributed by atoms with Crippen LogP contribution in [0.15, 0.2) is 32.5 Å². The fraction of sp³-hybridized carbons (Fsp3) is 0.231. The van der Waals surface area contributed by atoms with Crippen LogP contribution in [-0.2, 0) is 0 Å². The van der Waals surface area contributed by atoms with Crippen LogP contribution in [0.2, 0.25) is 0 Å². The molecule has 0 radical (unpaired) electrons. The molecular weight excluding hydrogens is 460 g/mol. The number of halogens is 3. The molecule has 1 aromatic heterocycles. The number of thiophene rings is 1. The maximum atomic E-state index is 5.45. The van der Waals surface area contributed by atoms with E-state index in [-0.39, 0.29) is 4.83 Å². The highest BCUT2D eigenvalue weighted by Gasteiger charge is 2.19. The average molecular weight is 471 g/mol. The Hall–Kier alpha value is -0.0400. The molecule has 0 fully saturated rings. The Bertz CT molecular complexity index is 583. The van der Waals surface area contributed by atoms with Gasteiger partial charge in [-0.1, -0.05) is 15.9 Å². The molecule has 0 aliphatic heterocycles. The topological polar surface area (TPSA) is 18.5 Å². The minimum atomic E-state index is 0.0701. The van der Waals surface area contributed by atoms with E-state index in [4.69, 9.17) is 9.47 Å². The molecule has 1 heterocycles. The summed E-state index contributed by atoms with van der Waals surface area (Å²) in [6.07, 6.45) is 0. The fourth-order valence-corrected chi connectivity index (χ4v) is 4.40. The summed E-state index contributed by atoms with van der Waals surface area (Å²) in [4.78, 5) is 1.27. The highest BCUT2D eigenvalue weighted by atomic mass is 79.9. The van der Waals surface area contributed by atoms with Gasteiger partial charge in [0.05, 0.1) is 27.3 Å². The molecule has 0 saturated heterocycles. The van der Waals surface area contributed by atoms with Gasteiger partial charge in [0.15, 0.2) is 0 Å². The normalized spacial score (nSPS) is 12.3. The van der Waals surface area contributed by atoms with Crippen molar-refractivity contribution in [3.63, 3.8) is 0 Å². The molecule has 2 nitrogen and oxygen atoms in total. The molecule has 2 rings (SSSR count). The Morgan fingerprint density at radius 1 is 1.05 bits per heavy atom. The van der Waals surface area contributed by atoms with E-state index in [2.05, 4.69) is 53.9 Å². The minimum absolute atomic E-state index is 0.0701. The molecule has 0 aliphatic carbocycles. The quantitative estimate of drug-likeness (QED) is 0.528. The summed E-state index contributed by atoms with van der Waals surface area (Å²) in [5.41, 5.74) is 1.04. The van der Waals surface area contributed by atoms with E-state index >= 15 is 0 Å². The molecule has 2 aromatic rings. The number of hydrogen-bond donors (Lipinski definition) is 0. The maximum Gasteiger partial charge on any atom is 0.133 e. The Morgan fingerprint density at radius 3 is 2.26 bits per heavy atom. The van der Waals surface area contributed by atoms with Crippen molar-refractivity contribution >= 4 is 59.1 Å². The Balaban J connectivity index is 2.48. The lowest BCUT2D eigenvalue weighted by Gasteiger charge is -2.15. The molecule has 0 N–H and O–H groups in total. The number of alkyl halides is 1. The van der Waals surface area contributed by atoms with E-state index in [9.17, 15) is 0 Å². The molecule has 102 valence electrons. The molecule has 0 amide bonds. The number of benzene rings is 1. The zero-order chi connectivity index (χ0) is 14.0. The van der Waals surface area contributed by atoms with Gasteiger partial charge in [0.1, 0.15) is 11.5 Å². The first-order chi connectivity index (χ1) is 9.06. The van der Waals surface area contributed by atoms with Gasteiger partial charge in [-0.25, -0.2) is 0 Å². The van der Waals surface area contributed by atoms with Crippen LogP contribution in [0.5, 0.6) is 11.5 Å². The largest absolute Gasteiger partial charge is 0.496 e.